The molecule has 1 amide bonds. The van der Waals surface area contributed by atoms with Gasteiger partial charge in [0.05, 0.1) is 12.7 Å². The van der Waals surface area contributed by atoms with E-state index in [0.717, 1.165) is 16.8 Å². The molecule has 0 fully saturated rings. The molecule has 2 aromatic rings. The lowest BCUT2D eigenvalue weighted by Crippen LogP contribution is -2.08. The van der Waals surface area contributed by atoms with Gasteiger partial charge in [0.2, 0.25) is 5.91 Å². The third kappa shape index (κ3) is 5.50. The van der Waals surface area contributed by atoms with Crippen LogP contribution in [0.1, 0.15) is 25.0 Å². The smallest absolute Gasteiger partial charge is 0.248 e. The highest BCUT2D eigenvalue weighted by atomic mass is 16.5. The van der Waals surface area contributed by atoms with Crippen LogP contribution in [0.3, 0.4) is 0 Å². The summed E-state index contributed by atoms with van der Waals surface area (Å²) in [5, 5.41) is 2.84. The Kier molecular flexibility index (Phi) is 5.86. The van der Waals surface area contributed by atoms with E-state index in [9.17, 15) is 4.79 Å². The molecule has 0 aliphatic rings. The lowest BCUT2D eigenvalue weighted by molar-refractivity contribution is -0.111. The van der Waals surface area contributed by atoms with Gasteiger partial charge in [-0.2, -0.15) is 0 Å². The number of anilines is 1. The second-order valence-corrected chi connectivity index (χ2v) is 5.16. The summed E-state index contributed by atoms with van der Waals surface area (Å²) in [4.78, 5) is 15.9. The van der Waals surface area contributed by atoms with Gasteiger partial charge in [-0.3, -0.25) is 9.78 Å². The van der Waals surface area contributed by atoms with Crippen molar-refractivity contribution in [3.8, 4) is 0 Å². The van der Waals surface area contributed by atoms with Crippen LogP contribution in [0.15, 0.2) is 54.9 Å². The Balaban J connectivity index is 1.94. The predicted octanol–water partition coefficient (Wildman–Crippen LogP) is 3.66. The summed E-state index contributed by atoms with van der Waals surface area (Å²) in [6.45, 7) is 4.53. The standard InChI is InChI=1S/C18H20N2O2/c1-14(2)22-13-16-4-3-5-17(12-16)20-18(21)7-6-15-8-10-19-11-9-15/h3-12,14H,13H2,1-2H3,(H,20,21). The van der Waals surface area contributed by atoms with E-state index in [1.54, 1.807) is 18.5 Å². The summed E-state index contributed by atoms with van der Waals surface area (Å²) < 4.78 is 5.56. The minimum Gasteiger partial charge on any atom is -0.374 e. The molecule has 1 aromatic carbocycles. The van der Waals surface area contributed by atoms with Gasteiger partial charge in [0, 0.05) is 24.2 Å². The summed E-state index contributed by atoms with van der Waals surface area (Å²) in [5.41, 5.74) is 2.73. The maximum absolute atomic E-state index is 11.9. The van der Waals surface area contributed by atoms with Gasteiger partial charge in [0.1, 0.15) is 0 Å². The Morgan fingerprint density at radius 3 is 2.77 bits per heavy atom. The summed E-state index contributed by atoms with van der Waals surface area (Å²) in [6, 6.07) is 11.3. The third-order valence-corrected chi connectivity index (χ3v) is 2.91. The number of hydrogen-bond acceptors (Lipinski definition) is 3. The van der Waals surface area contributed by atoms with Crippen molar-refractivity contribution in [2.24, 2.45) is 0 Å². The van der Waals surface area contributed by atoms with Crippen molar-refractivity contribution in [2.45, 2.75) is 26.6 Å². The fourth-order valence-corrected chi connectivity index (χ4v) is 1.83. The Labute approximate surface area is 130 Å². The molecule has 22 heavy (non-hydrogen) atoms. The van der Waals surface area contributed by atoms with Crippen molar-refractivity contribution in [3.63, 3.8) is 0 Å². The molecule has 2 rings (SSSR count). The molecule has 0 aliphatic heterocycles. The molecule has 0 spiro atoms. The Hall–Kier alpha value is -2.46. The quantitative estimate of drug-likeness (QED) is 0.828. The fraction of sp³-hybridized carbons (Fsp3) is 0.222. The number of hydrogen-bond donors (Lipinski definition) is 1. The molecule has 4 heteroatoms. The van der Waals surface area contributed by atoms with Crippen LogP contribution in [0.4, 0.5) is 5.69 Å². The fourth-order valence-electron chi connectivity index (χ4n) is 1.83. The van der Waals surface area contributed by atoms with Crippen LogP contribution in [0, 0.1) is 0 Å². The number of carbonyl (C=O) groups is 1. The van der Waals surface area contributed by atoms with E-state index in [1.165, 1.54) is 6.08 Å². The van der Waals surface area contributed by atoms with Crippen molar-refractivity contribution in [2.75, 3.05) is 5.32 Å². The third-order valence-electron chi connectivity index (χ3n) is 2.91. The molecule has 0 atom stereocenters. The van der Waals surface area contributed by atoms with Crippen LogP contribution in [0.25, 0.3) is 6.08 Å². The van der Waals surface area contributed by atoms with Crippen LogP contribution in [-0.4, -0.2) is 17.0 Å². The second-order valence-electron chi connectivity index (χ2n) is 5.16. The minimum absolute atomic E-state index is 0.168. The number of ether oxygens (including phenoxy) is 1. The van der Waals surface area contributed by atoms with E-state index in [4.69, 9.17) is 4.74 Å². The molecule has 1 aromatic heterocycles. The SMILES string of the molecule is CC(C)OCc1cccc(NC(=O)C=Cc2ccncc2)c1. The molecule has 0 saturated heterocycles. The molecule has 0 radical (unpaired) electrons. The highest BCUT2D eigenvalue weighted by molar-refractivity contribution is 6.01. The van der Waals surface area contributed by atoms with Crippen LogP contribution >= 0.6 is 0 Å². The first kappa shape index (κ1) is 15.9. The van der Waals surface area contributed by atoms with E-state index < -0.39 is 0 Å². The normalized spacial score (nSPS) is 11.0. The number of aromatic nitrogens is 1. The number of carbonyl (C=O) groups excluding carboxylic acids is 1. The predicted molar refractivity (Wildman–Crippen MR) is 88.3 cm³/mol. The van der Waals surface area contributed by atoms with Gasteiger partial charge in [0.25, 0.3) is 0 Å². The maximum Gasteiger partial charge on any atom is 0.248 e. The topological polar surface area (TPSA) is 51.2 Å². The first-order valence-corrected chi connectivity index (χ1v) is 7.23. The molecule has 0 saturated carbocycles. The number of nitrogens with zero attached hydrogens (tertiary/aromatic N) is 1. The van der Waals surface area contributed by atoms with E-state index in [2.05, 4.69) is 10.3 Å². The molecule has 0 aliphatic carbocycles. The molecule has 4 nitrogen and oxygen atoms in total. The number of amides is 1. The Bertz CT molecular complexity index is 637. The lowest BCUT2D eigenvalue weighted by atomic mass is 10.2. The number of benzene rings is 1. The van der Waals surface area contributed by atoms with Gasteiger partial charge in [-0.25, -0.2) is 0 Å². The second kappa shape index (κ2) is 8.10. The number of nitrogens with one attached hydrogen (secondary N) is 1. The Morgan fingerprint density at radius 1 is 1.27 bits per heavy atom. The average molecular weight is 296 g/mol. The summed E-state index contributed by atoms with van der Waals surface area (Å²) >= 11 is 0. The van der Waals surface area contributed by atoms with Crippen molar-refractivity contribution in [1.29, 1.82) is 0 Å². The summed E-state index contributed by atoms with van der Waals surface area (Å²) in [5.74, 6) is -0.168. The van der Waals surface area contributed by atoms with E-state index in [-0.39, 0.29) is 12.0 Å². The zero-order chi connectivity index (χ0) is 15.8. The van der Waals surface area contributed by atoms with Crippen molar-refractivity contribution in [1.82, 2.24) is 4.98 Å². The van der Waals surface area contributed by atoms with Gasteiger partial charge in [-0.05, 0) is 55.3 Å². The van der Waals surface area contributed by atoms with Crippen LogP contribution in [0.2, 0.25) is 0 Å². The van der Waals surface area contributed by atoms with Gasteiger partial charge < -0.3 is 10.1 Å². The van der Waals surface area contributed by atoms with Crippen molar-refractivity contribution >= 4 is 17.7 Å². The molecule has 1 heterocycles. The van der Waals surface area contributed by atoms with E-state index in [1.807, 2.05) is 50.2 Å². The number of rotatable bonds is 6. The first-order chi connectivity index (χ1) is 10.6. The van der Waals surface area contributed by atoms with Gasteiger partial charge >= 0.3 is 0 Å². The first-order valence-electron chi connectivity index (χ1n) is 7.23. The largest absolute Gasteiger partial charge is 0.374 e. The summed E-state index contributed by atoms with van der Waals surface area (Å²) in [6.07, 6.45) is 6.82. The zero-order valence-electron chi connectivity index (χ0n) is 12.8. The van der Waals surface area contributed by atoms with E-state index in [0.29, 0.717) is 6.61 Å². The van der Waals surface area contributed by atoms with Gasteiger partial charge in [0.15, 0.2) is 0 Å². The molecule has 114 valence electrons. The van der Waals surface area contributed by atoms with Crippen LogP contribution in [0.5, 0.6) is 0 Å². The Morgan fingerprint density at radius 2 is 2.05 bits per heavy atom. The monoisotopic (exact) mass is 296 g/mol. The maximum atomic E-state index is 11.9. The minimum atomic E-state index is -0.168. The van der Waals surface area contributed by atoms with E-state index >= 15 is 0 Å². The van der Waals surface area contributed by atoms with Crippen molar-refractivity contribution in [3.05, 3.63) is 66.0 Å². The zero-order valence-corrected chi connectivity index (χ0v) is 12.8. The molecule has 0 unspecified atom stereocenters. The van der Waals surface area contributed by atoms with Gasteiger partial charge in [-0.15, -0.1) is 0 Å². The van der Waals surface area contributed by atoms with Crippen LogP contribution in [-0.2, 0) is 16.1 Å². The summed E-state index contributed by atoms with van der Waals surface area (Å²) in [7, 11) is 0. The number of pyridine rings is 1. The highest BCUT2D eigenvalue weighted by Gasteiger charge is 2.01. The van der Waals surface area contributed by atoms with Gasteiger partial charge in [-0.1, -0.05) is 12.1 Å². The van der Waals surface area contributed by atoms with Crippen molar-refractivity contribution < 1.29 is 9.53 Å². The molecular weight excluding hydrogens is 276 g/mol. The average Bonchev–Trinajstić information content (AvgIpc) is 2.52. The lowest BCUT2D eigenvalue weighted by Gasteiger charge is -2.09. The molecular formula is C18H20N2O2. The van der Waals surface area contributed by atoms with Crippen LogP contribution < -0.4 is 5.32 Å². The molecule has 0 bridgehead atoms. The molecule has 1 N–H and O–H groups in total. The highest BCUT2D eigenvalue weighted by Crippen LogP contribution is 2.12.